The first-order valence-electron chi connectivity index (χ1n) is 8.21. The van der Waals surface area contributed by atoms with Crippen LogP contribution in [0.5, 0.6) is 0 Å². The minimum Gasteiger partial charge on any atom is -0.455 e. The molecule has 27 heavy (non-hydrogen) atoms. The zero-order valence-corrected chi connectivity index (χ0v) is 15.9. The standard InChI is InChI=1S/C20H17ClFNO3S/c21-16-7-5-14(6-8-16)12-27(25)13-17-9-10-19(26-17)20(24)23-11-15-3-1-2-4-18(15)22/h1-10H,11-13H2,(H,23,24). The predicted octanol–water partition coefficient (Wildman–Crippen LogP) is 4.45. The van der Waals surface area contributed by atoms with Gasteiger partial charge in [-0.15, -0.1) is 0 Å². The Morgan fingerprint density at radius 2 is 1.78 bits per heavy atom. The third kappa shape index (κ3) is 5.52. The van der Waals surface area contributed by atoms with Gasteiger partial charge in [-0.25, -0.2) is 4.39 Å². The topological polar surface area (TPSA) is 59.3 Å². The lowest BCUT2D eigenvalue weighted by atomic mass is 10.2. The predicted molar refractivity (Wildman–Crippen MR) is 103 cm³/mol. The Morgan fingerprint density at radius 3 is 2.52 bits per heavy atom. The molecular formula is C20H17ClFNO3S. The van der Waals surface area contributed by atoms with Crippen LogP contribution in [-0.4, -0.2) is 10.1 Å². The maximum absolute atomic E-state index is 13.6. The highest BCUT2D eigenvalue weighted by Gasteiger charge is 2.13. The molecule has 0 aliphatic heterocycles. The molecule has 0 radical (unpaired) electrons. The average Bonchev–Trinajstić information content (AvgIpc) is 3.11. The molecule has 0 aliphatic rings. The molecule has 2 aromatic carbocycles. The summed E-state index contributed by atoms with van der Waals surface area (Å²) in [4.78, 5) is 12.1. The summed E-state index contributed by atoms with van der Waals surface area (Å²) in [6, 6.07) is 16.5. The molecule has 0 bridgehead atoms. The fourth-order valence-corrected chi connectivity index (χ4v) is 3.72. The summed E-state index contributed by atoms with van der Waals surface area (Å²) in [5.41, 5.74) is 1.30. The quantitative estimate of drug-likeness (QED) is 0.631. The van der Waals surface area contributed by atoms with Crippen LogP contribution < -0.4 is 5.32 Å². The maximum atomic E-state index is 13.6. The minimum absolute atomic E-state index is 0.0596. The van der Waals surface area contributed by atoms with Crippen molar-refractivity contribution in [3.63, 3.8) is 0 Å². The highest BCUT2D eigenvalue weighted by molar-refractivity contribution is 7.83. The van der Waals surface area contributed by atoms with E-state index in [2.05, 4.69) is 5.32 Å². The Kier molecular flexibility index (Phi) is 6.42. The molecule has 4 nitrogen and oxygen atoms in total. The summed E-state index contributed by atoms with van der Waals surface area (Å²) in [7, 11) is -1.18. The van der Waals surface area contributed by atoms with Gasteiger partial charge in [0, 0.05) is 33.7 Å². The van der Waals surface area contributed by atoms with E-state index in [1.165, 1.54) is 12.1 Å². The number of amides is 1. The first kappa shape index (κ1) is 19.3. The molecule has 3 rings (SSSR count). The lowest BCUT2D eigenvalue weighted by Crippen LogP contribution is -2.22. The van der Waals surface area contributed by atoms with Crippen molar-refractivity contribution in [2.75, 3.05) is 0 Å². The van der Waals surface area contributed by atoms with E-state index in [0.29, 0.717) is 22.1 Å². The smallest absolute Gasteiger partial charge is 0.287 e. The largest absolute Gasteiger partial charge is 0.455 e. The van der Waals surface area contributed by atoms with Crippen molar-refractivity contribution < 1.29 is 17.8 Å². The Bertz CT molecular complexity index is 956. The van der Waals surface area contributed by atoms with Gasteiger partial charge >= 0.3 is 0 Å². The molecule has 3 aromatic rings. The van der Waals surface area contributed by atoms with Gasteiger partial charge in [-0.2, -0.15) is 0 Å². The molecule has 0 fully saturated rings. The van der Waals surface area contributed by atoms with Gasteiger partial charge in [0.2, 0.25) is 0 Å². The van der Waals surface area contributed by atoms with Gasteiger partial charge in [0.05, 0.1) is 5.75 Å². The molecule has 1 N–H and O–H groups in total. The second kappa shape index (κ2) is 8.97. The molecule has 1 amide bonds. The highest BCUT2D eigenvalue weighted by atomic mass is 35.5. The molecule has 1 unspecified atom stereocenters. The molecular weight excluding hydrogens is 389 g/mol. The lowest BCUT2D eigenvalue weighted by Gasteiger charge is -2.04. The van der Waals surface area contributed by atoms with Gasteiger partial charge in [-0.1, -0.05) is 41.9 Å². The number of benzene rings is 2. The number of rotatable bonds is 7. The normalized spacial score (nSPS) is 11.9. The van der Waals surface area contributed by atoms with E-state index >= 15 is 0 Å². The van der Waals surface area contributed by atoms with Crippen LogP contribution in [0.1, 0.15) is 27.4 Å². The first-order chi connectivity index (χ1) is 13.0. The zero-order chi connectivity index (χ0) is 19.2. The average molecular weight is 406 g/mol. The Hall–Kier alpha value is -2.44. The molecule has 0 spiro atoms. The Labute approximate surface area is 163 Å². The van der Waals surface area contributed by atoms with Crippen LogP contribution in [0.15, 0.2) is 65.1 Å². The molecule has 7 heteroatoms. The summed E-state index contributed by atoms with van der Waals surface area (Å²) in [6.45, 7) is 0.0596. The van der Waals surface area contributed by atoms with E-state index in [-0.39, 0.29) is 23.9 Å². The second-order valence-corrected chi connectivity index (χ2v) is 7.79. The van der Waals surface area contributed by atoms with Crippen molar-refractivity contribution in [1.29, 1.82) is 0 Å². The van der Waals surface area contributed by atoms with Crippen molar-refractivity contribution in [3.05, 3.63) is 94.2 Å². The van der Waals surface area contributed by atoms with Crippen LogP contribution in [0, 0.1) is 5.82 Å². The molecule has 140 valence electrons. The monoisotopic (exact) mass is 405 g/mol. The van der Waals surface area contributed by atoms with Gasteiger partial charge in [0.25, 0.3) is 5.91 Å². The maximum Gasteiger partial charge on any atom is 0.287 e. The zero-order valence-electron chi connectivity index (χ0n) is 14.3. The van der Waals surface area contributed by atoms with Crippen molar-refractivity contribution in [2.45, 2.75) is 18.1 Å². The second-order valence-electron chi connectivity index (χ2n) is 5.90. The van der Waals surface area contributed by atoms with Crippen molar-refractivity contribution >= 4 is 28.3 Å². The summed E-state index contributed by atoms with van der Waals surface area (Å²) in [6.07, 6.45) is 0. The molecule has 1 atom stereocenters. The Balaban J connectivity index is 1.54. The van der Waals surface area contributed by atoms with Crippen molar-refractivity contribution in [1.82, 2.24) is 5.32 Å². The number of hydrogen-bond acceptors (Lipinski definition) is 3. The highest BCUT2D eigenvalue weighted by Crippen LogP contribution is 2.15. The van der Waals surface area contributed by atoms with Crippen molar-refractivity contribution in [2.24, 2.45) is 0 Å². The number of furan rings is 1. The lowest BCUT2D eigenvalue weighted by molar-refractivity contribution is 0.0921. The fraction of sp³-hybridized carbons (Fsp3) is 0.150. The number of carbonyl (C=O) groups excluding carboxylic acids is 1. The van der Waals surface area contributed by atoms with Crippen LogP contribution in [0.25, 0.3) is 0 Å². The van der Waals surface area contributed by atoms with Crippen LogP contribution in [0.4, 0.5) is 4.39 Å². The summed E-state index contributed by atoms with van der Waals surface area (Å²) in [5.74, 6) is 0.294. The molecule has 0 saturated carbocycles. The van der Waals surface area contributed by atoms with Crippen LogP contribution in [0.2, 0.25) is 5.02 Å². The summed E-state index contributed by atoms with van der Waals surface area (Å²) >= 11 is 5.83. The number of halogens is 2. The van der Waals surface area contributed by atoms with E-state index in [9.17, 15) is 13.4 Å². The van der Waals surface area contributed by atoms with E-state index in [1.54, 1.807) is 36.4 Å². The number of hydrogen-bond donors (Lipinski definition) is 1. The third-order valence-corrected chi connectivity index (χ3v) is 5.34. The van der Waals surface area contributed by atoms with Gasteiger partial charge < -0.3 is 9.73 Å². The van der Waals surface area contributed by atoms with E-state index in [4.69, 9.17) is 16.0 Å². The summed E-state index contributed by atoms with van der Waals surface area (Å²) in [5, 5.41) is 3.23. The minimum atomic E-state index is -1.18. The van der Waals surface area contributed by atoms with Crippen LogP contribution in [0.3, 0.4) is 0 Å². The fourth-order valence-electron chi connectivity index (χ4n) is 2.46. The van der Waals surface area contributed by atoms with Gasteiger partial charge in [0.1, 0.15) is 11.6 Å². The van der Waals surface area contributed by atoms with E-state index in [1.807, 2.05) is 12.1 Å². The molecule has 1 heterocycles. The van der Waals surface area contributed by atoms with E-state index in [0.717, 1.165) is 5.56 Å². The van der Waals surface area contributed by atoms with Gasteiger partial charge in [-0.3, -0.25) is 9.00 Å². The third-order valence-electron chi connectivity index (χ3n) is 3.83. The van der Waals surface area contributed by atoms with Crippen LogP contribution >= 0.6 is 11.6 Å². The number of carbonyl (C=O) groups is 1. The first-order valence-corrected chi connectivity index (χ1v) is 10.1. The Morgan fingerprint density at radius 1 is 1.04 bits per heavy atom. The molecule has 0 saturated heterocycles. The van der Waals surface area contributed by atoms with Gasteiger partial charge in [0.15, 0.2) is 5.76 Å². The van der Waals surface area contributed by atoms with Gasteiger partial charge in [-0.05, 0) is 35.9 Å². The van der Waals surface area contributed by atoms with Crippen molar-refractivity contribution in [3.8, 4) is 0 Å². The van der Waals surface area contributed by atoms with Crippen LogP contribution in [-0.2, 0) is 28.9 Å². The molecule has 0 aliphatic carbocycles. The summed E-state index contributed by atoms with van der Waals surface area (Å²) < 4.78 is 31.3. The van der Waals surface area contributed by atoms with E-state index < -0.39 is 16.7 Å². The number of nitrogens with one attached hydrogen (secondary N) is 1. The SMILES string of the molecule is O=C(NCc1ccccc1F)c1ccc(CS(=O)Cc2ccc(Cl)cc2)o1. The molecule has 1 aromatic heterocycles.